The zero-order chi connectivity index (χ0) is 11.3. The van der Waals surface area contributed by atoms with Gasteiger partial charge in [-0.1, -0.05) is 0 Å². The molecule has 88 valence electrons. The molecule has 0 bridgehead atoms. The van der Waals surface area contributed by atoms with Crippen molar-refractivity contribution in [2.75, 3.05) is 33.4 Å². The van der Waals surface area contributed by atoms with Crippen molar-refractivity contribution in [2.24, 2.45) is 11.7 Å². The molecule has 0 radical (unpaired) electrons. The molecule has 1 atom stereocenters. The van der Waals surface area contributed by atoms with Gasteiger partial charge in [0.25, 0.3) is 0 Å². The van der Waals surface area contributed by atoms with E-state index in [4.69, 9.17) is 15.6 Å². The Morgan fingerprint density at radius 1 is 1.60 bits per heavy atom. The summed E-state index contributed by atoms with van der Waals surface area (Å²) in [5, 5.41) is 8.68. The number of carbonyl (C=O) groups is 1. The zero-order valence-corrected chi connectivity index (χ0v) is 9.19. The normalized spacial score (nSPS) is 21.5. The lowest BCUT2D eigenvalue weighted by atomic mass is 9.97. The Bertz CT molecular complexity index is 203. The van der Waals surface area contributed by atoms with Crippen LogP contribution in [0.1, 0.15) is 12.8 Å². The number of likely N-dealkylation sites (tertiary alicyclic amines) is 1. The summed E-state index contributed by atoms with van der Waals surface area (Å²) < 4.78 is 5.10. The van der Waals surface area contributed by atoms with E-state index >= 15 is 0 Å². The van der Waals surface area contributed by atoms with Crippen LogP contribution in [0, 0.1) is 5.92 Å². The second-order valence-corrected chi connectivity index (χ2v) is 4.14. The fourth-order valence-electron chi connectivity index (χ4n) is 1.93. The number of nitrogens with zero attached hydrogens (tertiary/aromatic N) is 1. The van der Waals surface area contributed by atoms with Gasteiger partial charge in [-0.2, -0.15) is 0 Å². The monoisotopic (exact) mass is 216 g/mol. The Kier molecular flexibility index (Phi) is 5.01. The first kappa shape index (κ1) is 12.4. The molecule has 1 saturated heterocycles. The Hall–Kier alpha value is -0.650. The minimum absolute atomic E-state index is 0.453. The van der Waals surface area contributed by atoms with Gasteiger partial charge in [-0.3, -0.25) is 4.79 Å². The lowest BCUT2D eigenvalue weighted by Gasteiger charge is -2.32. The molecule has 0 aromatic heterocycles. The van der Waals surface area contributed by atoms with Crippen LogP contribution in [0.4, 0.5) is 0 Å². The first-order valence-electron chi connectivity index (χ1n) is 5.33. The van der Waals surface area contributed by atoms with Crippen LogP contribution in [-0.4, -0.2) is 55.4 Å². The van der Waals surface area contributed by atoms with Crippen LogP contribution in [-0.2, 0) is 9.53 Å². The summed E-state index contributed by atoms with van der Waals surface area (Å²) in [6.45, 7) is 3.11. The van der Waals surface area contributed by atoms with Gasteiger partial charge in [-0.15, -0.1) is 0 Å². The second kappa shape index (κ2) is 6.05. The number of carboxylic acids is 1. The van der Waals surface area contributed by atoms with Crippen molar-refractivity contribution in [1.82, 2.24) is 4.90 Å². The van der Waals surface area contributed by atoms with E-state index in [0.29, 0.717) is 12.5 Å². The SMILES string of the molecule is COCC1CCN(CC(N)C(=O)O)CC1. The Labute approximate surface area is 90.2 Å². The Morgan fingerprint density at radius 3 is 2.67 bits per heavy atom. The number of hydrogen-bond acceptors (Lipinski definition) is 4. The molecule has 1 heterocycles. The topological polar surface area (TPSA) is 75.8 Å². The average molecular weight is 216 g/mol. The summed E-state index contributed by atoms with van der Waals surface area (Å²) in [5.41, 5.74) is 5.47. The molecular weight excluding hydrogens is 196 g/mol. The summed E-state index contributed by atoms with van der Waals surface area (Å²) in [7, 11) is 1.71. The van der Waals surface area contributed by atoms with Crippen molar-refractivity contribution in [3.05, 3.63) is 0 Å². The smallest absolute Gasteiger partial charge is 0.321 e. The molecule has 1 rings (SSSR count). The van der Waals surface area contributed by atoms with E-state index in [0.717, 1.165) is 32.5 Å². The lowest BCUT2D eigenvalue weighted by molar-refractivity contribution is -0.139. The summed E-state index contributed by atoms with van der Waals surface area (Å²) >= 11 is 0. The third-order valence-electron chi connectivity index (χ3n) is 2.88. The molecule has 1 unspecified atom stereocenters. The molecule has 5 heteroatoms. The number of piperidine rings is 1. The van der Waals surface area contributed by atoms with Crippen molar-refractivity contribution >= 4 is 5.97 Å². The fourth-order valence-corrected chi connectivity index (χ4v) is 1.93. The van der Waals surface area contributed by atoms with E-state index in [2.05, 4.69) is 4.90 Å². The summed E-state index contributed by atoms with van der Waals surface area (Å²) in [6, 6.07) is -0.760. The largest absolute Gasteiger partial charge is 0.480 e. The third kappa shape index (κ3) is 4.15. The van der Waals surface area contributed by atoms with Crippen LogP contribution >= 0.6 is 0 Å². The number of nitrogens with two attached hydrogens (primary N) is 1. The molecule has 0 aliphatic carbocycles. The molecule has 0 spiro atoms. The van der Waals surface area contributed by atoms with Gasteiger partial charge < -0.3 is 20.5 Å². The molecule has 1 aliphatic rings. The predicted molar refractivity (Wildman–Crippen MR) is 56.7 cm³/mol. The minimum atomic E-state index is -0.922. The molecule has 1 aliphatic heterocycles. The maximum absolute atomic E-state index is 10.6. The van der Waals surface area contributed by atoms with Gasteiger partial charge in [0.2, 0.25) is 0 Å². The van der Waals surface area contributed by atoms with E-state index in [1.54, 1.807) is 7.11 Å². The highest BCUT2D eigenvalue weighted by molar-refractivity contribution is 5.73. The second-order valence-electron chi connectivity index (χ2n) is 4.14. The van der Waals surface area contributed by atoms with E-state index in [9.17, 15) is 4.79 Å². The van der Waals surface area contributed by atoms with Gasteiger partial charge in [-0.05, 0) is 31.8 Å². The predicted octanol–water partition coefficient (Wildman–Crippen LogP) is -0.243. The van der Waals surface area contributed by atoms with Crippen LogP contribution in [0.25, 0.3) is 0 Å². The van der Waals surface area contributed by atoms with Gasteiger partial charge in [0.05, 0.1) is 0 Å². The van der Waals surface area contributed by atoms with Crippen molar-refractivity contribution in [1.29, 1.82) is 0 Å². The van der Waals surface area contributed by atoms with Gasteiger partial charge in [0, 0.05) is 20.3 Å². The highest BCUT2D eigenvalue weighted by Crippen LogP contribution is 2.17. The lowest BCUT2D eigenvalue weighted by Crippen LogP contribution is -2.45. The average Bonchev–Trinajstić information content (AvgIpc) is 2.21. The summed E-state index contributed by atoms with van der Waals surface area (Å²) in [4.78, 5) is 12.7. The fraction of sp³-hybridized carbons (Fsp3) is 0.900. The zero-order valence-electron chi connectivity index (χ0n) is 9.19. The number of ether oxygens (including phenoxy) is 1. The number of carboxylic acid groups (broad SMARTS) is 1. The van der Waals surface area contributed by atoms with E-state index in [-0.39, 0.29) is 0 Å². The maximum atomic E-state index is 10.6. The van der Waals surface area contributed by atoms with E-state index in [1.165, 1.54) is 0 Å². The third-order valence-corrected chi connectivity index (χ3v) is 2.88. The molecule has 15 heavy (non-hydrogen) atoms. The Balaban J connectivity index is 2.22. The molecule has 0 amide bonds. The van der Waals surface area contributed by atoms with Crippen LogP contribution in [0.2, 0.25) is 0 Å². The standard InChI is InChI=1S/C10H20N2O3/c1-15-7-8-2-4-12(5-3-8)6-9(11)10(13)14/h8-9H,2-7,11H2,1H3,(H,13,14). The van der Waals surface area contributed by atoms with Gasteiger partial charge in [0.1, 0.15) is 6.04 Å². The van der Waals surface area contributed by atoms with Crippen LogP contribution in [0.5, 0.6) is 0 Å². The van der Waals surface area contributed by atoms with Crippen molar-refractivity contribution < 1.29 is 14.6 Å². The maximum Gasteiger partial charge on any atom is 0.321 e. The summed E-state index contributed by atoms with van der Waals surface area (Å²) in [5.74, 6) is -0.304. The number of aliphatic carboxylic acids is 1. The quantitative estimate of drug-likeness (QED) is 0.663. The molecule has 0 aromatic rings. The highest BCUT2D eigenvalue weighted by atomic mass is 16.5. The van der Waals surface area contributed by atoms with Crippen molar-refractivity contribution in [3.8, 4) is 0 Å². The minimum Gasteiger partial charge on any atom is -0.480 e. The van der Waals surface area contributed by atoms with Crippen molar-refractivity contribution in [3.63, 3.8) is 0 Å². The van der Waals surface area contributed by atoms with Crippen LogP contribution in [0.15, 0.2) is 0 Å². The highest BCUT2D eigenvalue weighted by Gasteiger charge is 2.22. The molecule has 0 aromatic carbocycles. The Morgan fingerprint density at radius 2 is 2.20 bits per heavy atom. The first-order chi connectivity index (χ1) is 7.13. The number of hydrogen-bond donors (Lipinski definition) is 2. The summed E-state index contributed by atoms with van der Waals surface area (Å²) in [6.07, 6.45) is 2.14. The molecule has 0 saturated carbocycles. The molecule has 3 N–H and O–H groups in total. The van der Waals surface area contributed by atoms with Gasteiger partial charge >= 0.3 is 5.97 Å². The number of rotatable bonds is 5. The molecule has 5 nitrogen and oxygen atoms in total. The van der Waals surface area contributed by atoms with Crippen LogP contribution in [0.3, 0.4) is 0 Å². The number of methoxy groups -OCH3 is 1. The van der Waals surface area contributed by atoms with Gasteiger partial charge in [0.15, 0.2) is 0 Å². The van der Waals surface area contributed by atoms with Gasteiger partial charge in [-0.25, -0.2) is 0 Å². The van der Waals surface area contributed by atoms with E-state index in [1.807, 2.05) is 0 Å². The molecular formula is C10H20N2O3. The molecule has 1 fully saturated rings. The first-order valence-corrected chi connectivity index (χ1v) is 5.33. The van der Waals surface area contributed by atoms with Crippen LogP contribution < -0.4 is 5.73 Å². The van der Waals surface area contributed by atoms with E-state index < -0.39 is 12.0 Å². The van der Waals surface area contributed by atoms with Crippen molar-refractivity contribution in [2.45, 2.75) is 18.9 Å².